The van der Waals surface area contributed by atoms with Gasteiger partial charge in [0.1, 0.15) is 5.82 Å². The molecule has 0 unspecified atom stereocenters. The average molecular weight is 363 g/mol. The number of nitrogens with zero attached hydrogens (tertiary/aromatic N) is 3. The third-order valence-corrected chi connectivity index (χ3v) is 4.33. The number of pyridine rings is 1. The first kappa shape index (κ1) is 18.8. The fraction of sp³-hybridized carbons (Fsp3) is 0.286. The van der Waals surface area contributed by atoms with Crippen LogP contribution in [0.1, 0.15) is 25.0 Å². The van der Waals surface area contributed by atoms with E-state index >= 15 is 0 Å². The summed E-state index contributed by atoms with van der Waals surface area (Å²) in [5.41, 5.74) is 5.13. The molecule has 0 amide bonds. The molecule has 2 aromatic heterocycles. The van der Waals surface area contributed by atoms with Crippen molar-refractivity contribution < 1.29 is 5.11 Å². The van der Waals surface area contributed by atoms with E-state index in [0.29, 0.717) is 11.8 Å². The van der Waals surface area contributed by atoms with Gasteiger partial charge in [0, 0.05) is 35.8 Å². The number of para-hydroxylation sites is 1. The number of nitrogens with one attached hydrogen (secondary N) is 2. The second kappa shape index (κ2) is 8.60. The average Bonchev–Trinajstić information content (AvgIpc) is 2.70. The van der Waals surface area contributed by atoms with Crippen molar-refractivity contribution in [2.24, 2.45) is 0 Å². The minimum absolute atomic E-state index is 0.00101. The van der Waals surface area contributed by atoms with Gasteiger partial charge in [-0.15, -0.1) is 0 Å². The molecule has 1 aromatic carbocycles. The summed E-state index contributed by atoms with van der Waals surface area (Å²) in [5, 5.41) is 15.9. The first-order chi connectivity index (χ1) is 13.1. The van der Waals surface area contributed by atoms with Crippen LogP contribution in [0.5, 0.6) is 0 Å². The zero-order valence-corrected chi connectivity index (χ0v) is 15.9. The van der Waals surface area contributed by atoms with Crippen LogP contribution in [-0.2, 0) is 6.42 Å². The standard InChI is InChI=1S/C21H25N5O/c1-4-16-8-5-7-14(2)20(16)25-19-11-18(17-9-6-10-22-12-17)24-21(26-19)23-15(3)13-27/h5-12,15,27H,4,13H2,1-3H3,(H2,23,24,25,26)/t15-/m0/s1. The van der Waals surface area contributed by atoms with E-state index in [4.69, 9.17) is 0 Å². The van der Waals surface area contributed by atoms with Gasteiger partial charge in [-0.1, -0.05) is 25.1 Å². The Hall–Kier alpha value is -2.99. The van der Waals surface area contributed by atoms with Crippen molar-refractivity contribution in [3.63, 3.8) is 0 Å². The molecule has 0 fully saturated rings. The summed E-state index contributed by atoms with van der Waals surface area (Å²) < 4.78 is 0. The molecule has 0 aliphatic carbocycles. The summed E-state index contributed by atoms with van der Waals surface area (Å²) in [6.45, 7) is 6.10. The molecule has 2 heterocycles. The van der Waals surface area contributed by atoms with Crippen LogP contribution in [0.25, 0.3) is 11.3 Å². The molecule has 0 spiro atoms. The largest absolute Gasteiger partial charge is 0.394 e. The molecule has 3 aromatic rings. The fourth-order valence-electron chi connectivity index (χ4n) is 2.83. The van der Waals surface area contributed by atoms with Crippen molar-refractivity contribution in [1.82, 2.24) is 15.0 Å². The number of aromatic nitrogens is 3. The van der Waals surface area contributed by atoms with Crippen LogP contribution in [0.2, 0.25) is 0 Å². The first-order valence-corrected chi connectivity index (χ1v) is 9.13. The molecule has 140 valence electrons. The van der Waals surface area contributed by atoms with Crippen LogP contribution in [0.4, 0.5) is 17.5 Å². The van der Waals surface area contributed by atoms with Gasteiger partial charge < -0.3 is 15.7 Å². The lowest BCUT2D eigenvalue weighted by Crippen LogP contribution is -2.21. The van der Waals surface area contributed by atoms with E-state index in [2.05, 4.69) is 57.6 Å². The summed E-state index contributed by atoms with van der Waals surface area (Å²) in [7, 11) is 0. The lowest BCUT2D eigenvalue weighted by molar-refractivity contribution is 0.281. The molecule has 3 rings (SSSR count). The number of benzene rings is 1. The molecule has 0 aliphatic heterocycles. The zero-order valence-electron chi connectivity index (χ0n) is 15.9. The number of aliphatic hydroxyl groups excluding tert-OH is 1. The van der Waals surface area contributed by atoms with E-state index in [9.17, 15) is 5.11 Å². The number of aliphatic hydroxyl groups is 1. The minimum Gasteiger partial charge on any atom is -0.394 e. The third kappa shape index (κ3) is 4.60. The normalized spacial score (nSPS) is 11.9. The molecule has 0 bridgehead atoms. The van der Waals surface area contributed by atoms with Gasteiger partial charge >= 0.3 is 0 Å². The third-order valence-electron chi connectivity index (χ3n) is 4.33. The van der Waals surface area contributed by atoms with Crippen LogP contribution in [-0.4, -0.2) is 32.7 Å². The molecule has 1 atom stereocenters. The van der Waals surface area contributed by atoms with Crippen LogP contribution < -0.4 is 10.6 Å². The van der Waals surface area contributed by atoms with Crippen molar-refractivity contribution in [2.45, 2.75) is 33.2 Å². The van der Waals surface area contributed by atoms with Crippen LogP contribution >= 0.6 is 0 Å². The smallest absolute Gasteiger partial charge is 0.225 e. The second-order valence-electron chi connectivity index (χ2n) is 6.52. The maximum Gasteiger partial charge on any atom is 0.225 e. The van der Waals surface area contributed by atoms with Crippen molar-refractivity contribution in [3.8, 4) is 11.3 Å². The Morgan fingerprint density at radius 1 is 1.15 bits per heavy atom. The molecular weight excluding hydrogens is 338 g/mol. The van der Waals surface area contributed by atoms with Gasteiger partial charge in [-0.2, -0.15) is 4.98 Å². The number of hydrogen-bond acceptors (Lipinski definition) is 6. The first-order valence-electron chi connectivity index (χ1n) is 9.13. The highest BCUT2D eigenvalue weighted by molar-refractivity contribution is 5.70. The van der Waals surface area contributed by atoms with Gasteiger partial charge in [0.2, 0.25) is 5.95 Å². The van der Waals surface area contributed by atoms with Crippen LogP contribution in [0, 0.1) is 6.92 Å². The molecule has 0 saturated carbocycles. The Labute approximate surface area is 159 Å². The summed E-state index contributed by atoms with van der Waals surface area (Å²) in [6.07, 6.45) is 4.44. The Morgan fingerprint density at radius 2 is 2.00 bits per heavy atom. The fourth-order valence-corrected chi connectivity index (χ4v) is 2.83. The quantitative estimate of drug-likeness (QED) is 0.590. The summed E-state index contributed by atoms with van der Waals surface area (Å²) in [6, 6.07) is 11.9. The number of aryl methyl sites for hydroxylation is 2. The molecule has 6 nitrogen and oxygen atoms in total. The van der Waals surface area contributed by atoms with Crippen molar-refractivity contribution in [3.05, 3.63) is 59.9 Å². The number of anilines is 3. The highest BCUT2D eigenvalue weighted by Crippen LogP contribution is 2.27. The molecular formula is C21H25N5O. The topological polar surface area (TPSA) is 83.0 Å². The second-order valence-corrected chi connectivity index (χ2v) is 6.52. The molecule has 0 saturated heterocycles. The van der Waals surface area contributed by atoms with Crippen molar-refractivity contribution in [2.75, 3.05) is 17.2 Å². The molecule has 0 aliphatic rings. The zero-order chi connectivity index (χ0) is 19.2. The molecule has 6 heteroatoms. The van der Waals surface area contributed by atoms with Crippen LogP contribution in [0.15, 0.2) is 48.8 Å². The summed E-state index contributed by atoms with van der Waals surface area (Å²) in [4.78, 5) is 13.4. The number of rotatable bonds is 7. The highest BCUT2D eigenvalue weighted by atomic mass is 16.3. The Kier molecular flexibility index (Phi) is 5.98. The van der Waals surface area contributed by atoms with E-state index in [0.717, 1.165) is 28.9 Å². The van der Waals surface area contributed by atoms with Gasteiger partial charge in [-0.05, 0) is 43.5 Å². The Morgan fingerprint density at radius 3 is 2.70 bits per heavy atom. The van der Waals surface area contributed by atoms with Gasteiger partial charge in [-0.3, -0.25) is 4.98 Å². The van der Waals surface area contributed by atoms with Gasteiger partial charge in [-0.25, -0.2) is 4.98 Å². The molecule has 3 N–H and O–H groups in total. The number of hydrogen-bond donors (Lipinski definition) is 3. The minimum atomic E-state index is -0.147. The van der Waals surface area contributed by atoms with E-state index < -0.39 is 0 Å². The van der Waals surface area contributed by atoms with Gasteiger partial charge in [0.25, 0.3) is 0 Å². The molecule has 27 heavy (non-hydrogen) atoms. The summed E-state index contributed by atoms with van der Waals surface area (Å²) >= 11 is 0. The molecule has 0 radical (unpaired) electrons. The predicted molar refractivity (Wildman–Crippen MR) is 109 cm³/mol. The summed E-state index contributed by atoms with van der Waals surface area (Å²) in [5.74, 6) is 1.16. The highest BCUT2D eigenvalue weighted by Gasteiger charge is 2.11. The van der Waals surface area contributed by atoms with E-state index in [-0.39, 0.29) is 12.6 Å². The van der Waals surface area contributed by atoms with E-state index in [1.54, 1.807) is 12.4 Å². The van der Waals surface area contributed by atoms with Crippen LogP contribution in [0.3, 0.4) is 0 Å². The predicted octanol–water partition coefficient (Wildman–Crippen LogP) is 3.95. The van der Waals surface area contributed by atoms with E-state index in [1.807, 2.05) is 25.1 Å². The van der Waals surface area contributed by atoms with Crippen molar-refractivity contribution >= 4 is 17.5 Å². The SMILES string of the molecule is CCc1cccc(C)c1Nc1cc(-c2cccnc2)nc(N[C@@H](C)CO)n1. The maximum atomic E-state index is 9.35. The maximum absolute atomic E-state index is 9.35. The lowest BCUT2D eigenvalue weighted by Gasteiger charge is -2.16. The lowest BCUT2D eigenvalue weighted by atomic mass is 10.1. The Balaban J connectivity index is 2.03. The van der Waals surface area contributed by atoms with E-state index in [1.165, 1.54) is 5.56 Å². The monoisotopic (exact) mass is 363 g/mol. The Bertz CT molecular complexity index is 898. The van der Waals surface area contributed by atoms with Crippen molar-refractivity contribution in [1.29, 1.82) is 0 Å². The van der Waals surface area contributed by atoms with Gasteiger partial charge in [0.15, 0.2) is 0 Å². The van der Waals surface area contributed by atoms with Gasteiger partial charge in [0.05, 0.1) is 12.3 Å².